The van der Waals surface area contributed by atoms with Crippen molar-refractivity contribution < 1.29 is 0 Å². The molecule has 3 N–H and O–H groups in total. The molecule has 5 nitrogen and oxygen atoms in total. The molecule has 2 aromatic heterocycles. The number of H-pyrrole nitrogens is 1. The van der Waals surface area contributed by atoms with Crippen LogP contribution >= 0.6 is 0 Å². The summed E-state index contributed by atoms with van der Waals surface area (Å²) in [4.78, 5) is 12.4. The standard InChI is InChI=1S/C21H21N5/c1-13-8-9-16(24-21-23-14(2)10-20(22-3)26-21)12-17(13)19-11-15-6-4-5-7-18(15)25-19/h4-12,25H,1-3H3,(H2,22,23,24,26). The first-order valence-electron chi connectivity index (χ1n) is 8.61. The van der Waals surface area contributed by atoms with E-state index in [-0.39, 0.29) is 0 Å². The topological polar surface area (TPSA) is 65.6 Å². The molecule has 0 aliphatic heterocycles. The second kappa shape index (κ2) is 6.52. The lowest BCUT2D eigenvalue weighted by atomic mass is 10.0. The highest BCUT2D eigenvalue weighted by Gasteiger charge is 2.08. The van der Waals surface area contributed by atoms with E-state index in [0.717, 1.165) is 34.0 Å². The summed E-state index contributed by atoms with van der Waals surface area (Å²) in [7, 11) is 1.85. The summed E-state index contributed by atoms with van der Waals surface area (Å²) >= 11 is 0. The van der Waals surface area contributed by atoms with E-state index in [2.05, 4.69) is 68.9 Å². The van der Waals surface area contributed by atoms with Crippen LogP contribution in [0.5, 0.6) is 0 Å². The zero-order chi connectivity index (χ0) is 18.1. The second-order valence-electron chi connectivity index (χ2n) is 6.39. The van der Waals surface area contributed by atoms with Gasteiger partial charge in [-0.1, -0.05) is 24.3 Å². The van der Waals surface area contributed by atoms with E-state index in [4.69, 9.17) is 0 Å². The van der Waals surface area contributed by atoms with Gasteiger partial charge in [-0.3, -0.25) is 0 Å². The molecule has 4 rings (SSSR count). The minimum Gasteiger partial charge on any atom is -0.373 e. The van der Waals surface area contributed by atoms with Crippen molar-refractivity contribution in [2.45, 2.75) is 13.8 Å². The zero-order valence-corrected chi connectivity index (χ0v) is 15.1. The molecule has 0 saturated heterocycles. The molecule has 0 unspecified atom stereocenters. The van der Waals surface area contributed by atoms with Crippen LogP contribution in [-0.2, 0) is 0 Å². The first-order valence-corrected chi connectivity index (χ1v) is 8.61. The predicted molar refractivity (Wildman–Crippen MR) is 108 cm³/mol. The van der Waals surface area contributed by atoms with Crippen molar-refractivity contribution in [1.82, 2.24) is 15.0 Å². The molecule has 0 saturated carbocycles. The number of aromatic amines is 1. The Kier molecular flexibility index (Phi) is 4.05. The van der Waals surface area contributed by atoms with Crippen LogP contribution in [0.25, 0.3) is 22.2 Å². The SMILES string of the molecule is CNc1cc(C)nc(Nc2ccc(C)c(-c3cc4ccccc4[nH]3)c2)n1. The summed E-state index contributed by atoms with van der Waals surface area (Å²) in [5.74, 6) is 1.38. The van der Waals surface area contributed by atoms with Crippen molar-refractivity contribution in [2.24, 2.45) is 0 Å². The molecule has 0 radical (unpaired) electrons. The second-order valence-corrected chi connectivity index (χ2v) is 6.39. The maximum atomic E-state index is 4.47. The number of hydrogen-bond donors (Lipinski definition) is 3. The minimum absolute atomic E-state index is 0.584. The molecule has 0 fully saturated rings. The van der Waals surface area contributed by atoms with Gasteiger partial charge in [-0.05, 0) is 43.7 Å². The summed E-state index contributed by atoms with van der Waals surface area (Å²) in [6.07, 6.45) is 0. The highest BCUT2D eigenvalue weighted by molar-refractivity contribution is 5.87. The number of nitrogens with one attached hydrogen (secondary N) is 3. The van der Waals surface area contributed by atoms with Gasteiger partial charge in [-0.15, -0.1) is 0 Å². The summed E-state index contributed by atoms with van der Waals surface area (Å²) < 4.78 is 0. The summed E-state index contributed by atoms with van der Waals surface area (Å²) in [6.45, 7) is 4.08. The highest BCUT2D eigenvalue weighted by Crippen LogP contribution is 2.29. The van der Waals surface area contributed by atoms with Crippen molar-refractivity contribution in [2.75, 3.05) is 17.7 Å². The number of hydrogen-bond acceptors (Lipinski definition) is 4. The summed E-state index contributed by atoms with van der Waals surface area (Å²) in [5.41, 5.74) is 6.48. The van der Waals surface area contributed by atoms with Gasteiger partial charge in [-0.2, -0.15) is 4.98 Å². The Morgan fingerprint density at radius 3 is 2.58 bits per heavy atom. The molecule has 0 spiro atoms. The van der Waals surface area contributed by atoms with Crippen LogP contribution in [0.15, 0.2) is 54.6 Å². The molecule has 130 valence electrons. The van der Waals surface area contributed by atoms with E-state index < -0.39 is 0 Å². The van der Waals surface area contributed by atoms with Crippen molar-refractivity contribution in [3.05, 3.63) is 65.9 Å². The molecule has 0 amide bonds. The third-order valence-corrected chi connectivity index (χ3v) is 4.42. The van der Waals surface area contributed by atoms with Crippen LogP contribution in [0, 0.1) is 13.8 Å². The molecule has 0 atom stereocenters. The van der Waals surface area contributed by atoms with Gasteiger partial charge >= 0.3 is 0 Å². The molecule has 26 heavy (non-hydrogen) atoms. The molecule has 4 aromatic rings. The average Bonchev–Trinajstić information content (AvgIpc) is 3.06. The van der Waals surface area contributed by atoms with Gasteiger partial charge in [-0.25, -0.2) is 4.98 Å². The third kappa shape index (κ3) is 3.11. The van der Waals surface area contributed by atoms with Crippen LogP contribution < -0.4 is 10.6 Å². The lowest BCUT2D eigenvalue weighted by Gasteiger charge is -2.11. The van der Waals surface area contributed by atoms with E-state index in [0.29, 0.717) is 5.95 Å². The number of aryl methyl sites for hydroxylation is 2. The normalized spacial score (nSPS) is 10.9. The van der Waals surface area contributed by atoms with E-state index in [1.54, 1.807) is 0 Å². The number of fused-ring (bicyclic) bond motifs is 1. The van der Waals surface area contributed by atoms with Crippen LogP contribution in [0.2, 0.25) is 0 Å². The maximum Gasteiger partial charge on any atom is 0.229 e. The van der Waals surface area contributed by atoms with Crippen molar-refractivity contribution in [1.29, 1.82) is 0 Å². The van der Waals surface area contributed by atoms with Gasteiger partial charge in [0.25, 0.3) is 0 Å². The molecular weight excluding hydrogens is 322 g/mol. The molecule has 5 heteroatoms. The Bertz CT molecular complexity index is 1050. The van der Waals surface area contributed by atoms with Crippen molar-refractivity contribution in [3.8, 4) is 11.3 Å². The number of anilines is 3. The lowest BCUT2D eigenvalue weighted by Crippen LogP contribution is -2.02. The monoisotopic (exact) mass is 343 g/mol. The van der Waals surface area contributed by atoms with Crippen LogP contribution in [0.3, 0.4) is 0 Å². The molecule has 0 aliphatic carbocycles. The van der Waals surface area contributed by atoms with Gasteiger partial charge in [0.05, 0.1) is 0 Å². The Balaban J connectivity index is 1.71. The molecule has 0 aliphatic rings. The highest BCUT2D eigenvalue weighted by atomic mass is 15.1. The smallest absolute Gasteiger partial charge is 0.229 e. The Morgan fingerprint density at radius 1 is 0.923 bits per heavy atom. The van der Waals surface area contributed by atoms with Crippen LogP contribution in [0.4, 0.5) is 17.5 Å². The number of aromatic nitrogens is 3. The number of benzene rings is 2. The molecule has 2 aromatic carbocycles. The molecular formula is C21H21N5. The van der Waals surface area contributed by atoms with Crippen LogP contribution in [0.1, 0.15) is 11.3 Å². The average molecular weight is 343 g/mol. The largest absolute Gasteiger partial charge is 0.373 e. The summed E-state index contributed by atoms with van der Waals surface area (Å²) in [5, 5.41) is 7.58. The fraction of sp³-hybridized carbons (Fsp3) is 0.143. The van der Waals surface area contributed by atoms with E-state index in [1.807, 2.05) is 32.2 Å². The lowest BCUT2D eigenvalue weighted by molar-refractivity contribution is 1.10. The fourth-order valence-electron chi connectivity index (χ4n) is 3.09. The van der Waals surface area contributed by atoms with E-state index in [1.165, 1.54) is 10.9 Å². The van der Waals surface area contributed by atoms with E-state index in [9.17, 15) is 0 Å². The van der Waals surface area contributed by atoms with Gasteiger partial charge in [0.15, 0.2) is 0 Å². The number of rotatable bonds is 4. The van der Waals surface area contributed by atoms with E-state index >= 15 is 0 Å². The fourth-order valence-corrected chi connectivity index (χ4v) is 3.09. The minimum atomic E-state index is 0.584. The predicted octanol–water partition coefficient (Wildman–Crippen LogP) is 5.03. The van der Waals surface area contributed by atoms with Crippen LogP contribution in [-0.4, -0.2) is 22.0 Å². The number of nitrogens with zero attached hydrogens (tertiary/aromatic N) is 2. The first kappa shape index (κ1) is 16.1. The maximum absolute atomic E-state index is 4.47. The Hall–Kier alpha value is -3.34. The van der Waals surface area contributed by atoms with Crippen molar-refractivity contribution in [3.63, 3.8) is 0 Å². The quantitative estimate of drug-likeness (QED) is 0.486. The first-order chi connectivity index (χ1) is 12.6. The third-order valence-electron chi connectivity index (χ3n) is 4.42. The van der Waals surface area contributed by atoms with Gasteiger partial charge in [0.1, 0.15) is 5.82 Å². The van der Waals surface area contributed by atoms with Gasteiger partial charge in [0.2, 0.25) is 5.95 Å². The molecule has 2 heterocycles. The summed E-state index contributed by atoms with van der Waals surface area (Å²) in [6, 6.07) is 18.7. The Labute approximate surface area is 152 Å². The molecule has 0 bridgehead atoms. The van der Waals surface area contributed by atoms with Gasteiger partial charge in [0, 0.05) is 46.7 Å². The van der Waals surface area contributed by atoms with Gasteiger partial charge < -0.3 is 15.6 Å². The number of para-hydroxylation sites is 1. The zero-order valence-electron chi connectivity index (χ0n) is 15.1. The van der Waals surface area contributed by atoms with Crippen molar-refractivity contribution >= 4 is 28.4 Å². The Morgan fingerprint density at radius 2 is 1.77 bits per heavy atom.